The molecule has 0 spiro atoms. The third-order valence-corrected chi connectivity index (χ3v) is 2.95. The maximum Gasteiger partial charge on any atom is 0.0704 e. The summed E-state index contributed by atoms with van der Waals surface area (Å²) in [6.45, 7) is 4.79. The Labute approximate surface area is 93.5 Å². The lowest BCUT2D eigenvalue weighted by molar-refractivity contribution is -0.00640. The van der Waals surface area contributed by atoms with Gasteiger partial charge in [0, 0.05) is 13.2 Å². The zero-order valence-corrected chi connectivity index (χ0v) is 10.1. The van der Waals surface area contributed by atoms with Gasteiger partial charge in [-0.2, -0.15) is 0 Å². The standard InChI is InChI=1S/C12H25NO2/c1-3-7-13-11-5-4-6-12(10-11)15-9-8-14-2/h11-13H,3-10H2,1-2H3. The van der Waals surface area contributed by atoms with Crippen LogP contribution in [-0.2, 0) is 9.47 Å². The van der Waals surface area contributed by atoms with Crippen molar-refractivity contribution in [3.63, 3.8) is 0 Å². The first-order valence-electron chi connectivity index (χ1n) is 6.20. The molecule has 1 N–H and O–H groups in total. The molecule has 2 unspecified atom stereocenters. The lowest BCUT2D eigenvalue weighted by atomic mass is 9.93. The molecule has 1 aliphatic rings. The van der Waals surface area contributed by atoms with E-state index in [4.69, 9.17) is 9.47 Å². The number of methoxy groups -OCH3 is 1. The van der Waals surface area contributed by atoms with Crippen LogP contribution in [0.1, 0.15) is 39.0 Å². The summed E-state index contributed by atoms with van der Waals surface area (Å²) in [5.41, 5.74) is 0. The SMILES string of the molecule is CCCNC1CCCC(OCCOC)C1. The molecule has 3 heteroatoms. The van der Waals surface area contributed by atoms with Gasteiger partial charge in [-0.05, 0) is 38.6 Å². The predicted octanol–water partition coefficient (Wildman–Crippen LogP) is 1.96. The van der Waals surface area contributed by atoms with Crippen molar-refractivity contribution in [2.24, 2.45) is 0 Å². The van der Waals surface area contributed by atoms with Crippen LogP contribution >= 0.6 is 0 Å². The summed E-state index contributed by atoms with van der Waals surface area (Å²) in [5, 5.41) is 3.58. The van der Waals surface area contributed by atoms with Crippen LogP contribution < -0.4 is 5.32 Å². The molecule has 1 saturated carbocycles. The third kappa shape index (κ3) is 5.50. The molecule has 0 amide bonds. The highest BCUT2D eigenvalue weighted by atomic mass is 16.5. The van der Waals surface area contributed by atoms with Crippen molar-refractivity contribution in [1.82, 2.24) is 5.32 Å². The Bertz CT molecular complexity index is 153. The fourth-order valence-corrected chi connectivity index (χ4v) is 2.13. The molecule has 0 aromatic heterocycles. The Morgan fingerprint density at radius 3 is 2.87 bits per heavy atom. The molecule has 0 aromatic rings. The van der Waals surface area contributed by atoms with E-state index in [0.29, 0.717) is 18.8 Å². The Kier molecular flexibility index (Phi) is 6.98. The van der Waals surface area contributed by atoms with E-state index in [2.05, 4.69) is 12.2 Å². The van der Waals surface area contributed by atoms with Crippen LogP contribution in [-0.4, -0.2) is 39.0 Å². The smallest absolute Gasteiger partial charge is 0.0704 e. The molecule has 15 heavy (non-hydrogen) atoms. The fourth-order valence-electron chi connectivity index (χ4n) is 2.13. The van der Waals surface area contributed by atoms with Gasteiger partial charge in [0.2, 0.25) is 0 Å². The van der Waals surface area contributed by atoms with E-state index in [9.17, 15) is 0 Å². The molecule has 1 fully saturated rings. The highest BCUT2D eigenvalue weighted by Crippen LogP contribution is 2.21. The topological polar surface area (TPSA) is 30.5 Å². The molecule has 3 nitrogen and oxygen atoms in total. The molecule has 0 bridgehead atoms. The van der Waals surface area contributed by atoms with Crippen LogP contribution in [0.2, 0.25) is 0 Å². The normalized spacial score (nSPS) is 26.8. The fraction of sp³-hybridized carbons (Fsp3) is 1.00. The van der Waals surface area contributed by atoms with E-state index < -0.39 is 0 Å². The number of hydrogen-bond donors (Lipinski definition) is 1. The second-order valence-corrected chi connectivity index (χ2v) is 4.30. The van der Waals surface area contributed by atoms with Crippen LogP contribution in [0.25, 0.3) is 0 Å². The van der Waals surface area contributed by atoms with Gasteiger partial charge in [0.15, 0.2) is 0 Å². The second-order valence-electron chi connectivity index (χ2n) is 4.30. The summed E-state index contributed by atoms with van der Waals surface area (Å²) in [6, 6.07) is 0.672. The van der Waals surface area contributed by atoms with Gasteiger partial charge in [0.25, 0.3) is 0 Å². The largest absolute Gasteiger partial charge is 0.382 e. The van der Waals surface area contributed by atoms with Crippen molar-refractivity contribution >= 4 is 0 Å². The van der Waals surface area contributed by atoms with Gasteiger partial charge in [-0.1, -0.05) is 6.92 Å². The molecule has 0 aliphatic heterocycles. The number of nitrogens with one attached hydrogen (secondary N) is 1. The molecule has 2 atom stereocenters. The van der Waals surface area contributed by atoms with Gasteiger partial charge in [-0.25, -0.2) is 0 Å². The summed E-state index contributed by atoms with van der Waals surface area (Å²) < 4.78 is 10.8. The number of rotatable bonds is 7. The minimum Gasteiger partial charge on any atom is -0.382 e. The van der Waals surface area contributed by atoms with Gasteiger partial charge in [0.1, 0.15) is 0 Å². The Balaban J connectivity index is 2.11. The summed E-state index contributed by atoms with van der Waals surface area (Å²) in [6.07, 6.45) is 6.65. The van der Waals surface area contributed by atoms with E-state index in [1.807, 2.05) is 0 Å². The molecular weight excluding hydrogens is 190 g/mol. The first-order valence-corrected chi connectivity index (χ1v) is 6.20. The summed E-state index contributed by atoms with van der Waals surface area (Å²) in [7, 11) is 1.72. The van der Waals surface area contributed by atoms with E-state index >= 15 is 0 Å². The lowest BCUT2D eigenvalue weighted by Crippen LogP contribution is -2.37. The van der Waals surface area contributed by atoms with E-state index in [1.165, 1.54) is 32.1 Å². The second kappa shape index (κ2) is 8.08. The maximum absolute atomic E-state index is 5.77. The zero-order chi connectivity index (χ0) is 10.9. The number of ether oxygens (including phenoxy) is 2. The van der Waals surface area contributed by atoms with E-state index in [1.54, 1.807) is 7.11 Å². The molecule has 0 heterocycles. The quantitative estimate of drug-likeness (QED) is 0.659. The van der Waals surface area contributed by atoms with Gasteiger partial charge in [-0.15, -0.1) is 0 Å². The van der Waals surface area contributed by atoms with Crippen molar-refractivity contribution in [3.05, 3.63) is 0 Å². The van der Waals surface area contributed by atoms with Gasteiger partial charge in [0.05, 0.1) is 19.3 Å². The van der Waals surface area contributed by atoms with Crippen molar-refractivity contribution in [2.45, 2.75) is 51.2 Å². The minimum atomic E-state index is 0.447. The molecule has 90 valence electrons. The lowest BCUT2D eigenvalue weighted by Gasteiger charge is -2.29. The Morgan fingerprint density at radius 1 is 1.27 bits per heavy atom. The molecule has 0 saturated heterocycles. The first kappa shape index (κ1) is 12.9. The van der Waals surface area contributed by atoms with Gasteiger partial charge in [-0.3, -0.25) is 0 Å². The molecule has 0 aromatic carbocycles. The highest BCUT2D eigenvalue weighted by Gasteiger charge is 2.21. The Hall–Kier alpha value is -0.120. The van der Waals surface area contributed by atoms with Crippen molar-refractivity contribution in [1.29, 1.82) is 0 Å². The maximum atomic E-state index is 5.77. The average Bonchev–Trinajstić information content (AvgIpc) is 2.27. The van der Waals surface area contributed by atoms with Crippen molar-refractivity contribution in [2.75, 3.05) is 26.9 Å². The highest BCUT2D eigenvalue weighted by molar-refractivity contribution is 4.78. The monoisotopic (exact) mass is 215 g/mol. The van der Waals surface area contributed by atoms with Crippen molar-refractivity contribution < 1.29 is 9.47 Å². The zero-order valence-electron chi connectivity index (χ0n) is 10.1. The molecule has 1 aliphatic carbocycles. The first-order chi connectivity index (χ1) is 7.36. The van der Waals surface area contributed by atoms with E-state index in [0.717, 1.165) is 13.2 Å². The summed E-state index contributed by atoms with van der Waals surface area (Å²) in [5.74, 6) is 0. The predicted molar refractivity (Wildman–Crippen MR) is 62.2 cm³/mol. The molecular formula is C12H25NO2. The van der Waals surface area contributed by atoms with Gasteiger partial charge >= 0.3 is 0 Å². The van der Waals surface area contributed by atoms with E-state index in [-0.39, 0.29) is 0 Å². The molecule has 1 rings (SSSR count). The minimum absolute atomic E-state index is 0.447. The van der Waals surface area contributed by atoms with Crippen LogP contribution in [0.4, 0.5) is 0 Å². The average molecular weight is 215 g/mol. The van der Waals surface area contributed by atoms with Crippen LogP contribution in [0.3, 0.4) is 0 Å². The number of hydrogen-bond acceptors (Lipinski definition) is 3. The van der Waals surface area contributed by atoms with Crippen molar-refractivity contribution in [3.8, 4) is 0 Å². The molecule has 0 radical (unpaired) electrons. The van der Waals surface area contributed by atoms with Gasteiger partial charge < -0.3 is 14.8 Å². The summed E-state index contributed by atoms with van der Waals surface area (Å²) >= 11 is 0. The van der Waals surface area contributed by atoms with Crippen LogP contribution in [0, 0.1) is 0 Å². The summed E-state index contributed by atoms with van der Waals surface area (Å²) in [4.78, 5) is 0. The third-order valence-electron chi connectivity index (χ3n) is 2.95. The van der Waals surface area contributed by atoms with Crippen LogP contribution in [0.15, 0.2) is 0 Å². The Morgan fingerprint density at radius 2 is 2.13 bits per heavy atom. The van der Waals surface area contributed by atoms with Crippen LogP contribution in [0.5, 0.6) is 0 Å².